The van der Waals surface area contributed by atoms with Gasteiger partial charge in [-0.25, -0.2) is 13.6 Å². The minimum atomic E-state index is -1.81. The largest absolute Gasteiger partial charge is 0.228 e. The van der Waals surface area contributed by atoms with Crippen molar-refractivity contribution in [3.05, 3.63) is 24.8 Å². The Morgan fingerprint density at radius 1 is 1.54 bits per heavy atom. The number of hydrogen-bond donors (Lipinski definition) is 0. The van der Waals surface area contributed by atoms with Crippen LogP contribution in [0.5, 0.6) is 0 Å². The molecule has 0 spiro atoms. The van der Waals surface area contributed by atoms with Crippen LogP contribution in [0.2, 0.25) is 0 Å². The van der Waals surface area contributed by atoms with Crippen molar-refractivity contribution in [3.8, 4) is 0 Å². The quantitative estimate of drug-likeness (QED) is 0.358. The van der Waals surface area contributed by atoms with E-state index in [2.05, 4.69) is 12.7 Å². The molecule has 0 aromatic carbocycles. The second-order valence-electron chi connectivity index (χ2n) is 2.71. The van der Waals surface area contributed by atoms with Crippen molar-refractivity contribution in [2.75, 3.05) is 6.61 Å². The molecule has 2 aliphatic heterocycles. The minimum absolute atomic E-state index is 0.0532. The van der Waals surface area contributed by atoms with E-state index in [1.807, 2.05) is 12.2 Å². The van der Waals surface area contributed by atoms with Gasteiger partial charge in [-0.3, -0.25) is 0 Å². The maximum atomic E-state index is 5.81. The third-order valence-corrected chi connectivity index (χ3v) is 3.04. The van der Waals surface area contributed by atoms with Crippen LogP contribution in [0.3, 0.4) is 0 Å². The average molecular weight is 200 g/mol. The summed E-state index contributed by atoms with van der Waals surface area (Å²) in [5.41, 5.74) is 0. The summed E-state index contributed by atoms with van der Waals surface area (Å²) in [5, 5.41) is 0. The molecule has 2 rings (SSSR count). The van der Waals surface area contributed by atoms with Gasteiger partial charge in [0.2, 0.25) is 15.4 Å². The highest BCUT2D eigenvalue weighted by atomic mass is 31.2. The van der Waals surface area contributed by atoms with Crippen LogP contribution >= 0.6 is 7.82 Å². The van der Waals surface area contributed by atoms with Crippen molar-refractivity contribution >= 4 is 15.4 Å². The fourth-order valence-electron chi connectivity index (χ4n) is 1.19. The predicted molar refractivity (Wildman–Crippen MR) is 56.5 cm³/mol. The van der Waals surface area contributed by atoms with Gasteiger partial charge in [-0.1, -0.05) is 18.2 Å². The SMILES string of the molecule is [BH3-][P+]12OCC=C[C@H](C[C@@H](C=C)O1)O2. The van der Waals surface area contributed by atoms with E-state index in [4.69, 9.17) is 13.6 Å². The van der Waals surface area contributed by atoms with E-state index in [-0.39, 0.29) is 19.8 Å². The first kappa shape index (κ1) is 9.41. The molecule has 0 amide bonds. The number of hydrogen-bond acceptors (Lipinski definition) is 3. The molecule has 2 bridgehead atoms. The summed E-state index contributed by atoms with van der Waals surface area (Å²) in [7, 11) is -1.87. The standard InChI is InChI=1S/C8H14BO3P/c1-2-7-6-8-4-3-5-10-13(9,11-7)12-8/h2-4,7-8H,1,5-6H2,9H3/t7-,8-,13?/m1/s1. The maximum absolute atomic E-state index is 5.81. The normalized spacial score (nSPS) is 44.1. The van der Waals surface area contributed by atoms with Crippen LogP contribution in [0.15, 0.2) is 24.8 Å². The van der Waals surface area contributed by atoms with E-state index >= 15 is 0 Å². The Kier molecular flexibility index (Phi) is 2.57. The zero-order valence-electron chi connectivity index (χ0n) is 6.68. The maximum Gasteiger partial charge on any atom is 0.228 e. The topological polar surface area (TPSA) is 27.7 Å². The van der Waals surface area contributed by atoms with Crippen LogP contribution in [0.4, 0.5) is 0 Å². The molecule has 1 unspecified atom stereocenters. The number of rotatable bonds is 1. The van der Waals surface area contributed by atoms with E-state index in [1.165, 1.54) is 0 Å². The van der Waals surface area contributed by atoms with Crippen molar-refractivity contribution in [2.24, 2.45) is 0 Å². The van der Waals surface area contributed by atoms with Gasteiger partial charge in [0.1, 0.15) is 18.8 Å². The van der Waals surface area contributed by atoms with Gasteiger partial charge >= 0.3 is 0 Å². The molecule has 2 aliphatic rings. The lowest BCUT2D eigenvalue weighted by atomic mass is 10.1. The van der Waals surface area contributed by atoms with E-state index in [9.17, 15) is 0 Å². The molecule has 0 aromatic heterocycles. The van der Waals surface area contributed by atoms with Crippen molar-refractivity contribution in [1.29, 1.82) is 0 Å². The van der Waals surface area contributed by atoms with Crippen LogP contribution < -0.4 is 0 Å². The Morgan fingerprint density at radius 2 is 2.38 bits per heavy atom. The Balaban J connectivity index is 2.17. The molecule has 0 saturated carbocycles. The highest BCUT2D eigenvalue weighted by molar-refractivity contribution is 7.85. The lowest BCUT2D eigenvalue weighted by Gasteiger charge is -2.34. The summed E-state index contributed by atoms with van der Waals surface area (Å²) in [6, 6.07) is 0. The Labute approximate surface area is 79.7 Å². The van der Waals surface area contributed by atoms with Crippen molar-refractivity contribution in [3.63, 3.8) is 0 Å². The molecule has 3 nitrogen and oxygen atoms in total. The van der Waals surface area contributed by atoms with Crippen LogP contribution in [0.1, 0.15) is 6.42 Å². The third kappa shape index (κ3) is 2.02. The molecule has 13 heavy (non-hydrogen) atoms. The first-order chi connectivity index (χ1) is 6.22. The van der Waals surface area contributed by atoms with Gasteiger partial charge in [-0.15, -0.1) is 6.58 Å². The first-order valence-electron chi connectivity index (χ1n) is 3.94. The fraction of sp³-hybridized carbons (Fsp3) is 0.500. The molecule has 1 saturated heterocycles. The van der Waals surface area contributed by atoms with E-state index in [1.54, 1.807) is 0 Å². The summed E-state index contributed by atoms with van der Waals surface area (Å²) < 4.78 is 17.2. The fourth-order valence-corrected chi connectivity index (χ4v) is 2.34. The third-order valence-electron chi connectivity index (χ3n) is 1.80. The minimum Gasteiger partial charge on any atom is -0.222 e. The van der Waals surface area contributed by atoms with Crippen LogP contribution in [-0.4, -0.2) is 26.4 Å². The van der Waals surface area contributed by atoms with E-state index in [0.717, 1.165) is 6.42 Å². The molecule has 0 N–H and O–H groups in total. The molecule has 72 valence electrons. The Hall–Kier alpha value is -0.145. The molecule has 0 aromatic rings. The highest BCUT2D eigenvalue weighted by Gasteiger charge is 2.42. The lowest BCUT2D eigenvalue weighted by molar-refractivity contribution is 0.0578. The smallest absolute Gasteiger partial charge is 0.222 e. The monoisotopic (exact) mass is 200 g/mol. The zero-order valence-corrected chi connectivity index (χ0v) is 7.57. The lowest BCUT2D eigenvalue weighted by Crippen LogP contribution is -2.28. The Morgan fingerprint density at radius 3 is 3.15 bits per heavy atom. The molecular formula is C8H14BO3P. The van der Waals surface area contributed by atoms with Gasteiger partial charge < -0.3 is 0 Å². The zero-order chi connectivity index (χ0) is 9.31. The summed E-state index contributed by atoms with van der Waals surface area (Å²) in [6.45, 7) is 4.41. The van der Waals surface area contributed by atoms with E-state index in [0.29, 0.717) is 6.61 Å². The second kappa shape index (κ2) is 3.54. The molecule has 5 heteroatoms. The number of fused-ring (bicyclic) bond motifs is 2. The first-order valence-corrected chi connectivity index (χ1v) is 5.04. The summed E-state index contributed by atoms with van der Waals surface area (Å²) in [4.78, 5) is 0. The second-order valence-corrected chi connectivity index (χ2v) is 3.83. The van der Waals surface area contributed by atoms with Crippen molar-refractivity contribution in [2.45, 2.75) is 18.6 Å². The highest BCUT2D eigenvalue weighted by Crippen LogP contribution is 2.63. The van der Waals surface area contributed by atoms with Gasteiger partial charge in [0.25, 0.3) is 0 Å². The summed E-state index contributed by atoms with van der Waals surface area (Å²) >= 11 is 0. The predicted octanol–water partition coefficient (Wildman–Crippen LogP) is 0.976. The van der Waals surface area contributed by atoms with Gasteiger partial charge in [-0.05, 0) is 0 Å². The van der Waals surface area contributed by atoms with Gasteiger partial charge in [0, 0.05) is 6.42 Å². The molecular weight excluding hydrogens is 186 g/mol. The molecule has 2 heterocycles. The summed E-state index contributed by atoms with van der Waals surface area (Å²) in [5.74, 6) is 0. The molecule has 0 radical (unpaired) electrons. The molecule has 1 fully saturated rings. The van der Waals surface area contributed by atoms with Gasteiger partial charge in [-0.2, -0.15) is 0 Å². The van der Waals surface area contributed by atoms with Crippen LogP contribution in [0.25, 0.3) is 0 Å². The van der Waals surface area contributed by atoms with E-state index < -0.39 is 7.82 Å². The summed E-state index contributed by atoms with van der Waals surface area (Å²) in [6.07, 6.45) is 7.19. The van der Waals surface area contributed by atoms with Crippen molar-refractivity contribution < 1.29 is 13.6 Å². The molecule has 3 atom stereocenters. The van der Waals surface area contributed by atoms with Gasteiger partial charge in [0.15, 0.2) is 0 Å². The Bertz CT molecular complexity index is 246. The van der Waals surface area contributed by atoms with Crippen LogP contribution in [0, 0.1) is 0 Å². The molecule has 0 aliphatic carbocycles. The average Bonchev–Trinajstić information content (AvgIpc) is 2.23. The van der Waals surface area contributed by atoms with Crippen molar-refractivity contribution in [1.82, 2.24) is 0 Å². The van der Waals surface area contributed by atoms with Gasteiger partial charge in [0.05, 0.1) is 0 Å². The van der Waals surface area contributed by atoms with Crippen LogP contribution in [-0.2, 0) is 13.6 Å².